The minimum atomic E-state index is 0.369. The fourth-order valence-electron chi connectivity index (χ4n) is 1.97. The van der Waals surface area contributed by atoms with Crippen LogP contribution in [0, 0.1) is 0 Å². The van der Waals surface area contributed by atoms with Crippen LogP contribution in [0.4, 0.5) is 0 Å². The number of fused-ring (bicyclic) bond motifs is 1. The first-order chi connectivity index (χ1) is 9.33. The molecule has 0 radical (unpaired) electrons. The highest BCUT2D eigenvalue weighted by molar-refractivity contribution is 7.99. The summed E-state index contributed by atoms with van der Waals surface area (Å²) in [5.74, 6) is 2.67. The Morgan fingerprint density at radius 3 is 2.84 bits per heavy atom. The monoisotopic (exact) mass is 283 g/mol. The number of thioether (sulfide) groups is 1. The van der Waals surface area contributed by atoms with Crippen LogP contribution in [-0.2, 0) is 4.74 Å². The van der Waals surface area contributed by atoms with E-state index in [2.05, 4.69) is 24.4 Å². The van der Waals surface area contributed by atoms with E-state index in [1.54, 1.807) is 18.9 Å². The van der Waals surface area contributed by atoms with E-state index in [0.717, 1.165) is 30.4 Å². The van der Waals surface area contributed by atoms with E-state index in [9.17, 15) is 0 Å². The average Bonchev–Trinajstić information content (AvgIpc) is 2.45. The topological polar surface area (TPSA) is 39.7 Å². The molecule has 1 aromatic rings. The second-order valence-corrected chi connectivity index (χ2v) is 5.42. The molecular weight excluding hydrogens is 262 g/mol. The van der Waals surface area contributed by atoms with Crippen LogP contribution in [0.5, 0.6) is 11.5 Å². The summed E-state index contributed by atoms with van der Waals surface area (Å²) >= 11 is 1.80. The lowest BCUT2D eigenvalue weighted by molar-refractivity contribution is 0.171. The SMILES string of the molecule is CCNC(COC)CSc1ccc2c(c1)OCCO2. The Labute approximate surface area is 118 Å². The standard InChI is InChI=1S/C14H21NO3S/c1-3-15-11(9-16-2)10-19-12-4-5-13-14(8-12)18-7-6-17-13/h4-5,8,11,15H,3,6-7,9-10H2,1-2H3. The Balaban J connectivity index is 1.91. The van der Waals surface area contributed by atoms with Crippen molar-refractivity contribution in [2.45, 2.75) is 17.9 Å². The summed E-state index contributed by atoms with van der Waals surface area (Å²) in [4.78, 5) is 1.20. The van der Waals surface area contributed by atoms with Crippen molar-refractivity contribution in [3.8, 4) is 11.5 Å². The quantitative estimate of drug-likeness (QED) is 0.777. The Bertz CT molecular complexity index is 394. The van der Waals surface area contributed by atoms with Gasteiger partial charge in [-0.2, -0.15) is 0 Å². The fourth-order valence-corrected chi connectivity index (χ4v) is 2.93. The molecule has 106 valence electrons. The molecule has 0 spiro atoms. The zero-order valence-corrected chi connectivity index (χ0v) is 12.3. The third-order valence-corrected chi connectivity index (χ3v) is 3.98. The predicted molar refractivity (Wildman–Crippen MR) is 77.5 cm³/mol. The zero-order valence-electron chi connectivity index (χ0n) is 11.5. The summed E-state index contributed by atoms with van der Waals surface area (Å²) in [6.07, 6.45) is 0. The van der Waals surface area contributed by atoms with Gasteiger partial charge in [-0.1, -0.05) is 6.92 Å². The van der Waals surface area contributed by atoms with E-state index in [1.165, 1.54) is 4.90 Å². The number of hydrogen-bond donors (Lipinski definition) is 1. The number of rotatable bonds is 7. The largest absolute Gasteiger partial charge is 0.486 e. The molecule has 0 fully saturated rings. The molecule has 0 bridgehead atoms. The van der Waals surface area contributed by atoms with E-state index < -0.39 is 0 Å². The maximum absolute atomic E-state index is 5.59. The maximum atomic E-state index is 5.59. The number of hydrogen-bond acceptors (Lipinski definition) is 5. The molecule has 1 aliphatic rings. The third kappa shape index (κ3) is 4.30. The molecule has 19 heavy (non-hydrogen) atoms. The summed E-state index contributed by atoms with van der Waals surface area (Å²) in [7, 11) is 1.74. The summed E-state index contributed by atoms with van der Waals surface area (Å²) in [6, 6.07) is 6.48. The molecule has 0 saturated heterocycles. The van der Waals surface area contributed by atoms with Gasteiger partial charge in [0.25, 0.3) is 0 Å². The van der Waals surface area contributed by atoms with Crippen molar-refractivity contribution in [3.63, 3.8) is 0 Å². The van der Waals surface area contributed by atoms with Crippen LogP contribution in [0.15, 0.2) is 23.1 Å². The molecule has 0 saturated carbocycles. The summed E-state index contributed by atoms with van der Waals surface area (Å²) in [5.41, 5.74) is 0. The van der Waals surface area contributed by atoms with Gasteiger partial charge in [0.15, 0.2) is 11.5 Å². The van der Waals surface area contributed by atoms with Gasteiger partial charge in [0.1, 0.15) is 13.2 Å². The number of benzene rings is 1. The van der Waals surface area contributed by atoms with Crippen molar-refractivity contribution >= 4 is 11.8 Å². The van der Waals surface area contributed by atoms with Crippen LogP contribution in [-0.4, -0.2) is 45.3 Å². The van der Waals surface area contributed by atoms with E-state index in [-0.39, 0.29) is 0 Å². The van der Waals surface area contributed by atoms with Gasteiger partial charge >= 0.3 is 0 Å². The molecule has 0 aliphatic carbocycles. The second-order valence-electron chi connectivity index (χ2n) is 4.33. The first-order valence-corrected chi connectivity index (χ1v) is 7.56. The van der Waals surface area contributed by atoms with E-state index in [0.29, 0.717) is 19.3 Å². The van der Waals surface area contributed by atoms with Crippen LogP contribution in [0.1, 0.15) is 6.92 Å². The molecule has 1 atom stereocenters. The minimum absolute atomic E-state index is 0.369. The van der Waals surface area contributed by atoms with Crippen LogP contribution in [0.3, 0.4) is 0 Å². The third-order valence-electron chi connectivity index (χ3n) is 2.83. The summed E-state index contributed by atoms with van der Waals surface area (Å²) in [5, 5.41) is 3.41. The Kier molecular flexibility index (Phi) is 5.82. The van der Waals surface area contributed by atoms with Crippen LogP contribution < -0.4 is 14.8 Å². The Hall–Kier alpha value is -0.910. The number of likely N-dealkylation sites (N-methyl/N-ethyl adjacent to an activating group) is 1. The van der Waals surface area contributed by atoms with Gasteiger partial charge in [0, 0.05) is 23.8 Å². The first kappa shape index (κ1) is 14.5. The molecular formula is C14H21NO3S. The molecule has 0 aromatic heterocycles. The molecule has 2 rings (SSSR count). The Morgan fingerprint density at radius 2 is 2.11 bits per heavy atom. The molecule has 5 heteroatoms. The average molecular weight is 283 g/mol. The van der Waals surface area contributed by atoms with E-state index in [1.807, 2.05) is 6.07 Å². The smallest absolute Gasteiger partial charge is 0.162 e. The zero-order chi connectivity index (χ0) is 13.5. The van der Waals surface area contributed by atoms with Crippen molar-refractivity contribution in [2.75, 3.05) is 39.2 Å². The van der Waals surface area contributed by atoms with Crippen molar-refractivity contribution in [3.05, 3.63) is 18.2 Å². The summed E-state index contributed by atoms with van der Waals surface area (Å²) in [6.45, 7) is 5.05. The lowest BCUT2D eigenvalue weighted by atomic mass is 10.3. The lowest BCUT2D eigenvalue weighted by Crippen LogP contribution is -2.35. The van der Waals surface area contributed by atoms with Crippen molar-refractivity contribution in [1.82, 2.24) is 5.32 Å². The lowest BCUT2D eigenvalue weighted by Gasteiger charge is -2.20. The highest BCUT2D eigenvalue weighted by Gasteiger charge is 2.13. The van der Waals surface area contributed by atoms with E-state index >= 15 is 0 Å². The van der Waals surface area contributed by atoms with Gasteiger partial charge in [-0.15, -0.1) is 11.8 Å². The van der Waals surface area contributed by atoms with Gasteiger partial charge in [-0.25, -0.2) is 0 Å². The molecule has 4 nitrogen and oxygen atoms in total. The normalized spacial score (nSPS) is 15.3. The number of ether oxygens (including phenoxy) is 3. The van der Waals surface area contributed by atoms with Gasteiger partial charge in [-0.3, -0.25) is 0 Å². The van der Waals surface area contributed by atoms with Gasteiger partial charge in [-0.05, 0) is 24.7 Å². The van der Waals surface area contributed by atoms with Crippen LogP contribution in [0.25, 0.3) is 0 Å². The van der Waals surface area contributed by atoms with Crippen LogP contribution >= 0.6 is 11.8 Å². The van der Waals surface area contributed by atoms with Gasteiger partial charge in [0.05, 0.1) is 6.61 Å². The molecule has 1 heterocycles. The first-order valence-electron chi connectivity index (χ1n) is 6.58. The number of methoxy groups -OCH3 is 1. The second kappa shape index (κ2) is 7.62. The fraction of sp³-hybridized carbons (Fsp3) is 0.571. The van der Waals surface area contributed by atoms with Crippen LogP contribution in [0.2, 0.25) is 0 Å². The van der Waals surface area contributed by atoms with E-state index in [4.69, 9.17) is 14.2 Å². The predicted octanol–water partition coefficient (Wildman–Crippen LogP) is 2.17. The molecule has 0 amide bonds. The minimum Gasteiger partial charge on any atom is -0.486 e. The highest BCUT2D eigenvalue weighted by Crippen LogP contribution is 2.34. The highest BCUT2D eigenvalue weighted by atomic mass is 32.2. The molecule has 1 unspecified atom stereocenters. The van der Waals surface area contributed by atoms with Crippen molar-refractivity contribution in [2.24, 2.45) is 0 Å². The Morgan fingerprint density at radius 1 is 1.32 bits per heavy atom. The molecule has 1 aromatic carbocycles. The maximum Gasteiger partial charge on any atom is 0.162 e. The van der Waals surface area contributed by atoms with Gasteiger partial charge < -0.3 is 19.5 Å². The summed E-state index contributed by atoms with van der Waals surface area (Å²) < 4.78 is 16.3. The van der Waals surface area contributed by atoms with Gasteiger partial charge in [0.2, 0.25) is 0 Å². The molecule has 1 N–H and O–H groups in total. The van der Waals surface area contributed by atoms with Crippen molar-refractivity contribution < 1.29 is 14.2 Å². The number of nitrogens with one attached hydrogen (secondary N) is 1. The van der Waals surface area contributed by atoms with Crippen molar-refractivity contribution in [1.29, 1.82) is 0 Å². The molecule has 1 aliphatic heterocycles.